The van der Waals surface area contributed by atoms with Crippen molar-refractivity contribution in [3.63, 3.8) is 0 Å². The van der Waals surface area contributed by atoms with Gasteiger partial charge >= 0.3 is 0 Å². The van der Waals surface area contributed by atoms with Gasteiger partial charge in [0.05, 0.1) is 6.61 Å². The maximum absolute atomic E-state index is 13.2. The first-order valence-corrected chi connectivity index (χ1v) is 9.54. The molecule has 1 amide bonds. The number of piperazine rings is 1. The third-order valence-corrected chi connectivity index (χ3v) is 5.68. The molecule has 4 nitrogen and oxygen atoms in total. The number of aliphatic hydroxyl groups excluding tert-OH is 1. The van der Waals surface area contributed by atoms with E-state index < -0.39 is 0 Å². The van der Waals surface area contributed by atoms with Crippen molar-refractivity contribution in [3.05, 3.63) is 66.2 Å². The zero-order valence-electron chi connectivity index (χ0n) is 14.3. The van der Waals surface area contributed by atoms with Crippen LogP contribution in [0.2, 0.25) is 0 Å². The molecule has 0 bridgehead atoms. The molecule has 1 fully saturated rings. The molecule has 2 aromatic rings. The summed E-state index contributed by atoms with van der Waals surface area (Å²) in [6, 6.07) is 20.1. The van der Waals surface area contributed by atoms with Gasteiger partial charge in [0.2, 0.25) is 5.91 Å². The van der Waals surface area contributed by atoms with Crippen molar-refractivity contribution < 1.29 is 9.90 Å². The Bertz CT molecular complexity index is 658. The number of amides is 1. The molecule has 0 radical (unpaired) electrons. The summed E-state index contributed by atoms with van der Waals surface area (Å²) < 4.78 is 0. The van der Waals surface area contributed by atoms with E-state index in [1.807, 2.05) is 65.6 Å². The standard InChI is InChI=1S/C20H24N2O2S/c23-16-15-21-11-13-22(14-12-21)20(24)19(17-7-3-1-4-8-17)25-18-9-5-2-6-10-18/h1-10,19,23H,11-16H2. The van der Waals surface area contributed by atoms with Crippen LogP contribution in [0.4, 0.5) is 0 Å². The first-order chi connectivity index (χ1) is 12.3. The fraction of sp³-hybridized carbons (Fsp3) is 0.350. The molecule has 3 rings (SSSR count). The van der Waals surface area contributed by atoms with Crippen LogP contribution in [0.3, 0.4) is 0 Å². The predicted molar refractivity (Wildman–Crippen MR) is 102 cm³/mol. The molecule has 1 aliphatic heterocycles. The molecule has 1 saturated heterocycles. The molecule has 1 N–H and O–H groups in total. The fourth-order valence-corrected chi connectivity index (χ4v) is 4.15. The first-order valence-electron chi connectivity index (χ1n) is 8.66. The average Bonchev–Trinajstić information content (AvgIpc) is 2.68. The number of nitrogens with zero attached hydrogens (tertiary/aromatic N) is 2. The highest BCUT2D eigenvalue weighted by molar-refractivity contribution is 8.00. The fourth-order valence-electron chi connectivity index (χ4n) is 3.02. The Morgan fingerprint density at radius 3 is 2.16 bits per heavy atom. The van der Waals surface area contributed by atoms with Crippen LogP contribution < -0.4 is 0 Å². The number of rotatable bonds is 6. The summed E-state index contributed by atoms with van der Waals surface area (Å²) in [5, 5.41) is 8.84. The number of hydrogen-bond donors (Lipinski definition) is 1. The van der Waals surface area contributed by atoms with E-state index >= 15 is 0 Å². The van der Waals surface area contributed by atoms with Crippen LogP contribution in [0.5, 0.6) is 0 Å². The van der Waals surface area contributed by atoms with E-state index in [9.17, 15) is 4.79 Å². The number of aliphatic hydroxyl groups is 1. The van der Waals surface area contributed by atoms with Gasteiger partial charge < -0.3 is 10.0 Å². The third kappa shape index (κ3) is 4.84. The van der Waals surface area contributed by atoms with E-state index in [2.05, 4.69) is 4.90 Å². The molecule has 1 aliphatic rings. The second-order valence-corrected chi connectivity index (χ2v) is 7.29. The van der Waals surface area contributed by atoms with Gasteiger partial charge in [-0.25, -0.2) is 0 Å². The van der Waals surface area contributed by atoms with Crippen LogP contribution in [-0.2, 0) is 4.79 Å². The van der Waals surface area contributed by atoms with Crippen molar-refractivity contribution in [1.29, 1.82) is 0 Å². The van der Waals surface area contributed by atoms with Crippen LogP contribution >= 0.6 is 11.8 Å². The Morgan fingerprint density at radius 1 is 0.960 bits per heavy atom. The van der Waals surface area contributed by atoms with Gasteiger partial charge in [0.25, 0.3) is 0 Å². The molecule has 0 aliphatic carbocycles. The van der Waals surface area contributed by atoms with Crippen LogP contribution in [-0.4, -0.2) is 60.1 Å². The lowest BCUT2D eigenvalue weighted by atomic mass is 10.1. The van der Waals surface area contributed by atoms with Gasteiger partial charge in [-0.1, -0.05) is 48.5 Å². The molecular weight excluding hydrogens is 332 g/mol. The topological polar surface area (TPSA) is 43.8 Å². The summed E-state index contributed by atoms with van der Waals surface area (Å²) in [4.78, 5) is 18.5. The van der Waals surface area contributed by atoms with Gasteiger partial charge in [-0.05, 0) is 17.7 Å². The number of carbonyl (C=O) groups is 1. The zero-order chi connectivity index (χ0) is 17.5. The monoisotopic (exact) mass is 356 g/mol. The molecule has 2 aromatic carbocycles. The van der Waals surface area contributed by atoms with Crippen molar-refractivity contribution in [2.45, 2.75) is 10.1 Å². The Labute approximate surface area is 153 Å². The van der Waals surface area contributed by atoms with Crippen molar-refractivity contribution in [3.8, 4) is 0 Å². The molecule has 0 saturated carbocycles. The minimum atomic E-state index is -0.229. The molecule has 0 spiro atoms. The molecule has 25 heavy (non-hydrogen) atoms. The van der Waals surface area contributed by atoms with E-state index in [1.165, 1.54) is 0 Å². The maximum atomic E-state index is 13.2. The summed E-state index contributed by atoms with van der Waals surface area (Å²) in [7, 11) is 0. The highest BCUT2D eigenvalue weighted by atomic mass is 32.2. The summed E-state index contributed by atoms with van der Waals surface area (Å²) in [6.45, 7) is 3.94. The molecule has 5 heteroatoms. The van der Waals surface area contributed by atoms with E-state index in [-0.39, 0.29) is 17.8 Å². The van der Waals surface area contributed by atoms with E-state index in [4.69, 9.17) is 5.11 Å². The summed E-state index contributed by atoms with van der Waals surface area (Å²) in [5.74, 6) is 0.170. The van der Waals surface area contributed by atoms with E-state index in [1.54, 1.807) is 11.8 Å². The van der Waals surface area contributed by atoms with Crippen LogP contribution in [0.15, 0.2) is 65.6 Å². The maximum Gasteiger partial charge on any atom is 0.240 e. The molecule has 132 valence electrons. The normalized spacial score (nSPS) is 16.6. The number of β-amino-alcohol motifs (C(OH)–C–C–N with tert-alkyl or cyclic N) is 1. The lowest BCUT2D eigenvalue weighted by Gasteiger charge is -2.36. The van der Waals surface area contributed by atoms with Crippen molar-refractivity contribution in [1.82, 2.24) is 9.80 Å². The predicted octanol–water partition coefficient (Wildman–Crippen LogP) is 2.66. The van der Waals surface area contributed by atoms with Gasteiger partial charge in [0, 0.05) is 37.6 Å². The van der Waals surface area contributed by atoms with Crippen LogP contribution in [0.1, 0.15) is 10.8 Å². The molecule has 1 atom stereocenters. The second kappa shape index (κ2) is 9.04. The third-order valence-electron chi connectivity index (χ3n) is 4.42. The van der Waals surface area contributed by atoms with E-state index in [0.717, 1.165) is 36.6 Å². The van der Waals surface area contributed by atoms with Gasteiger partial charge in [-0.3, -0.25) is 9.69 Å². The highest BCUT2D eigenvalue weighted by Gasteiger charge is 2.29. The van der Waals surface area contributed by atoms with Crippen LogP contribution in [0, 0.1) is 0 Å². The largest absolute Gasteiger partial charge is 0.395 e. The molecule has 1 heterocycles. The van der Waals surface area contributed by atoms with Crippen LogP contribution in [0.25, 0.3) is 0 Å². The van der Waals surface area contributed by atoms with Gasteiger partial charge in [0.15, 0.2) is 0 Å². The smallest absolute Gasteiger partial charge is 0.240 e. The first kappa shape index (κ1) is 18.0. The van der Waals surface area contributed by atoms with E-state index in [0.29, 0.717) is 6.54 Å². The van der Waals surface area contributed by atoms with Gasteiger partial charge in [0.1, 0.15) is 5.25 Å². The highest BCUT2D eigenvalue weighted by Crippen LogP contribution is 2.36. The lowest BCUT2D eigenvalue weighted by molar-refractivity contribution is -0.132. The Kier molecular flexibility index (Phi) is 6.50. The second-order valence-electron chi connectivity index (χ2n) is 6.11. The zero-order valence-corrected chi connectivity index (χ0v) is 15.1. The van der Waals surface area contributed by atoms with Crippen molar-refractivity contribution >= 4 is 17.7 Å². The Morgan fingerprint density at radius 2 is 1.56 bits per heavy atom. The number of thioether (sulfide) groups is 1. The minimum absolute atomic E-state index is 0.170. The van der Waals surface area contributed by atoms with Crippen molar-refractivity contribution in [2.75, 3.05) is 39.3 Å². The number of carbonyl (C=O) groups excluding carboxylic acids is 1. The quantitative estimate of drug-likeness (QED) is 0.808. The Balaban J connectivity index is 1.74. The Hall–Kier alpha value is -1.82. The number of hydrogen-bond acceptors (Lipinski definition) is 4. The van der Waals surface area contributed by atoms with Gasteiger partial charge in [-0.15, -0.1) is 11.8 Å². The average molecular weight is 356 g/mol. The molecule has 0 aromatic heterocycles. The summed E-state index contributed by atoms with van der Waals surface area (Å²) in [6.07, 6.45) is 0. The summed E-state index contributed by atoms with van der Waals surface area (Å²) in [5.41, 5.74) is 1.04. The van der Waals surface area contributed by atoms with Crippen molar-refractivity contribution in [2.24, 2.45) is 0 Å². The van der Waals surface area contributed by atoms with Gasteiger partial charge in [-0.2, -0.15) is 0 Å². The summed E-state index contributed by atoms with van der Waals surface area (Å²) >= 11 is 1.61. The SMILES string of the molecule is O=C(C(Sc1ccccc1)c1ccccc1)N1CCN(CCO)CC1. The molecular formula is C20H24N2O2S. The number of benzene rings is 2. The molecule has 1 unspecified atom stereocenters. The minimum Gasteiger partial charge on any atom is -0.395 e. The lowest BCUT2D eigenvalue weighted by Crippen LogP contribution is -2.50.